The number of benzene rings is 2. The molecular weight excluding hydrogens is 480 g/mol. The van der Waals surface area contributed by atoms with Crippen LogP contribution in [0.1, 0.15) is 34.5 Å². The maximum atomic E-state index is 15.8. The maximum absolute atomic E-state index is 15.8. The standard InChI is InChI=1S/C25H24ClF2N3O4/c1-13-19-17(35-25(13,12-30-2)18-5-3-4-8-31-18)11-15(27)22(26)21(19)20-14(24(29)33)6-7-16(23(20)28)34-10-9-32/h3-8,11,13,30,32H,9-10,12H2,1-2H3,(H2,29,33)/t13-,25-/m0/s1. The number of nitrogens with zero attached hydrogens (tertiary/aromatic N) is 1. The number of hydrogen-bond donors (Lipinski definition) is 3. The van der Waals surface area contributed by atoms with Crippen LogP contribution in [0.25, 0.3) is 11.1 Å². The third kappa shape index (κ3) is 4.09. The summed E-state index contributed by atoms with van der Waals surface area (Å²) in [4.78, 5) is 16.7. The summed E-state index contributed by atoms with van der Waals surface area (Å²) in [5.41, 5.74) is 4.91. The molecule has 0 aliphatic carbocycles. The van der Waals surface area contributed by atoms with Gasteiger partial charge in [0.05, 0.1) is 22.9 Å². The van der Waals surface area contributed by atoms with Crippen LogP contribution in [0.2, 0.25) is 5.02 Å². The number of halogens is 3. The Hall–Kier alpha value is -3.27. The summed E-state index contributed by atoms with van der Waals surface area (Å²) < 4.78 is 42.5. The van der Waals surface area contributed by atoms with E-state index in [4.69, 9.17) is 31.9 Å². The van der Waals surface area contributed by atoms with Gasteiger partial charge >= 0.3 is 0 Å². The fourth-order valence-corrected chi connectivity index (χ4v) is 4.85. The Morgan fingerprint density at radius 2 is 2.09 bits per heavy atom. The Balaban J connectivity index is 2.02. The number of hydrogen-bond acceptors (Lipinski definition) is 6. The number of aromatic nitrogens is 1. The number of fused-ring (bicyclic) bond motifs is 1. The van der Waals surface area contributed by atoms with Crippen LogP contribution in [-0.4, -0.2) is 42.8 Å². The van der Waals surface area contributed by atoms with Gasteiger partial charge in [-0.15, -0.1) is 0 Å². The number of nitrogens with two attached hydrogens (primary N) is 1. The third-order valence-corrected chi connectivity index (χ3v) is 6.52. The molecule has 0 fully saturated rings. The molecule has 4 rings (SSSR count). The lowest BCUT2D eigenvalue weighted by molar-refractivity contribution is 0.0673. The lowest BCUT2D eigenvalue weighted by Gasteiger charge is -2.32. The van der Waals surface area contributed by atoms with Crippen molar-refractivity contribution in [3.05, 3.63) is 76.1 Å². The van der Waals surface area contributed by atoms with Gasteiger partial charge < -0.3 is 25.6 Å². The second-order valence-electron chi connectivity index (χ2n) is 8.15. The van der Waals surface area contributed by atoms with Crippen LogP contribution < -0.4 is 20.5 Å². The number of ether oxygens (including phenoxy) is 2. The summed E-state index contributed by atoms with van der Waals surface area (Å²) in [5, 5.41) is 11.8. The van der Waals surface area contributed by atoms with Gasteiger partial charge in [-0.3, -0.25) is 9.78 Å². The van der Waals surface area contributed by atoms with Crippen LogP contribution >= 0.6 is 11.6 Å². The molecule has 0 saturated heterocycles. The zero-order valence-electron chi connectivity index (χ0n) is 19.1. The van der Waals surface area contributed by atoms with Gasteiger partial charge in [-0.2, -0.15) is 0 Å². The fraction of sp³-hybridized carbons (Fsp3) is 0.280. The highest BCUT2D eigenvalue weighted by molar-refractivity contribution is 6.34. The minimum atomic E-state index is -1.07. The van der Waals surface area contributed by atoms with Crippen molar-refractivity contribution in [2.45, 2.75) is 18.4 Å². The lowest BCUT2D eigenvalue weighted by atomic mass is 9.79. The van der Waals surface area contributed by atoms with E-state index < -0.39 is 29.1 Å². The molecule has 4 N–H and O–H groups in total. The molecule has 2 atom stereocenters. The number of carbonyl (C=O) groups excluding carboxylic acids is 1. The summed E-state index contributed by atoms with van der Waals surface area (Å²) in [7, 11) is 1.74. The minimum Gasteiger partial charge on any atom is -0.488 e. The monoisotopic (exact) mass is 503 g/mol. The molecular formula is C25H24ClF2N3O4. The van der Waals surface area contributed by atoms with Crippen molar-refractivity contribution in [3.63, 3.8) is 0 Å². The number of amides is 1. The average Bonchev–Trinajstić information content (AvgIpc) is 3.12. The van der Waals surface area contributed by atoms with Crippen molar-refractivity contribution < 1.29 is 28.2 Å². The van der Waals surface area contributed by atoms with Gasteiger partial charge in [0.1, 0.15) is 18.2 Å². The normalized spacial score (nSPS) is 18.7. The SMILES string of the molecule is CNC[C@]1(c2ccccn2)Oc2cc(F)c(Cl)c(-c3c(C(N)=O)ccc(OCCO)c3F)c2[C@@H]1C. The number of primary amides is 1. The van der Waals surface area contributed by atoms with E-state index in [1.54, 1.807) is 31.4 Å². The van der Waals surface area contributed by atoms with Crippen molar-refractivity contribution in [3.8, 4) is 22.6 Å². The molecule has 0 saturated carbocycles. The number of likely N-dealkylation sites (N-methyl/N-ethyl adjacent to an activating group) is 1. The highest BCUT2D eigenvalue weighted by Gasteiger charge is 2.50. The van der Waals surface area contributed by atoms with E-state index in [1.165, 1.54) is 12.1 Å². The average molecular weight is 504 g/mol. The van der Waals surface area contributed by atoms with Gasteiger partial charge in [0.15, 0.2) is 17.2 Å². The number of nitrogens with one attached hydrogen (secondary N) is 1. The Labute approximate surface area is 205 Å². The quantitative estimate of drug-likeness (QED) is 0.432. The Bertz CT molecular complexity index is 1280. The zero-order valence-corrected chi connectivity index (χ0v) is 19.8. The van der Waals surface area contributed by atoms with Gasteiger partial charge in [0.25, 0.3) is 0 Å². The summed E-state index contributed by atoms with van der Waals surface area (Å²) >= 11 is 6.44. The van der Waals surface area contributed by atoms with E-state index in [-0.39, 0.29) is 46.4 Å². The van der Waals surface area contributed by atoms with E-state index in [0.717, 1.165) is 6.07 Å². The van der Waals surface area contributed by atoms with Crippen molar-refractivity contribution in [2.75, 3.05) is 26.8 Å². The summed E-state index contributed by atoms with van der Waals surface area (Å²) in [6, 6.07) is 9.00. The first-order valence-electron chi connectivity index (χ1n) is 10.9. The third-order valence-electron chi connectivity index (χ3n) is 6.16. The molecule has 10 heteroatoms. The largest absolute Gasteiger partial charge is 0.488 e. The van der Waals surface area contributed by atoms with Crippen molar-refractivity contribution in [1.29, 1.82) is 0 Å². The van der Waals surface area contributed by atoms with E-state index in [2.05, 4.69) is 10.3 Å². The molecule has 3 aromatic rings. The summed E-state index contributed by atoms with van der Waals surface area (Å²) in [5.74, 6) is -3.35. The maximum Gasteiger partial charge on any atom is 0.249 e. The van der Waals surface area contributed by atoms with Crippen molar-refractivity contribution in [1.82, 2.24) is 10.3 Å². The Kier molecular flexibility index (Phi) is 6.93. The van der Waals surface area contributed by atoms with Crippen LogP contribution in [0, 0.1) is 11.6 Å². The Morgan fingerprint density at radius 3 is 2.71 bits per heavy atom. The topological polar surface area (TPSA) is 107 Å². The van der Waals surface area contributed by atoms with E-state index in [1.807, 2.05) is 6.92 Å². The first-order valence-corrected chi connectivity index (χ1v) is 11.3. The second kappa shape index (κ2) is 9.77. The van der Waals surface area contributed by atoms with Crippen molar-refractivity contribution >= 4 is 17.5 Å². The van der Waals surface area contributed by atoms with Gasteiger partial charge in [0, 0.05) is 41.4 Å². The van der Waals surface area contributed by atoms with Gasteiger partial charge in [-0.05, 0) is 31.3 Å². The number of aliphatic hydroxyl groups is 1. The van der Waals surface area contributed by atoms with Crippen LogP contribution in [0.15, 0.2) is 42.6 Å². The van der Waals surface area contributed by atoms with E-state index in [0.29, 0.717) is 17.8 Å². The lowest BCUT2D eigenvalue weighted by Crippen LogP contribution is -2.43. The predicted octanol–water partition coefficient (Wildman–Crippen LogP) is 3.76. The van der Waals surface area contributed by atoms with E-state index >= 15 is 8.78 Å². The predicted molar refractivity (Wildman–Crippen MR) is 127 cm³/mol. The zero-order chi connectivity index (χ0) is 25.3. The molecule has 1 aromatic heterocycles. The molecule has 2 heterocycles. The highest BCUT2D eigenvalue weighted by Crippen LogP contribution is 2.56. The van der Waals surface area contributed by atoms with Crippen molar-refractivity contribution in [2.24, 2.45) is 5.73 Å². The molecule has 0 radical (unpaired) electrons. The molecule has 1 aliphatic rings. The number of rotatable bonds is 8. The molecule has 0 spiro atoms. The van der Waals surface area contributed by atoms with Gasteiger partial charge in [-0.25, -0.2) is 8.78 Å². The molecule has 0 unspecified atom stereocenters. The fourth-order valence-electron chi connectivity index (χ4n) is 4.60. The molecule has 0 bridgehead atoms. The van der Waals surface area contributed by atoms with E-state index in [9.17, 15) is 4.79 Å². The molecule has 1 aliphatic heterocycles. The van der Waals surface area contributed by atoms with Crippen LogP contribution in [0.5, 0.6) is 11.5 Å². The summed E-state index contributed by atoms with van der Waals surface area (Å²) in [6.45, 7) is 1.59. The molecule has 35 heavy (non-hydrogen) atoms. The van der Waals surface area contributed by atoms with Crippen LogP contribution in [-0.2, 0) is 5.60 Å². The van der Waals surface area contributed by atoms with Gasteiger partial charge in [0.2, 0.25) is 5.91 Å². The summed E-state index contributed by atoms with van der Waals surface area (Å²) in [6.07, 6.45) is 1.62. The van der Waals surface area contributed by atoms with Gasteiger partial charge in [-0.1, -0.05) is 24.6 Å². The smallest absolute Gasteiger partial charge is 0.249 e. The minimum absolute atomic E-state index is 0.0520. The molecule has 1 amide bonds. The molecule has 7 nitrogen and oxygen atoms in total. The second-order valence-corrected chi connectivity index (χ2v) is 8.53. The molecule has 184 valence electrons. The Morgan fingerprint density at radius 1 is 1.31 bits per heavy atom. The highest BCUT2D eigenvalue weighted by atomic mass is 35.5. The van der Waals surface area contributed by atoms with Crippen LogP contribution in [0.4, 0.5) is 8.78 Å². The van der Waals surface area contributed by atoms with Crippen LogP contribution in [0.3, 0.4) is 0 Å². The number of pyridine rings is 1. The first-order chi connectivity index (χ1) is 16.8. The number of carbonyl (C=O) groups is 1. The molecule has 2 aromatic carbocycles. The number of aliphatic hydroxyl groups excluding tert-OH is 1. The first kappa shape index (κ1) is 24.8.